The Morgan fingerprint density at radius 2 is 1.60 bits per heavy atom. The van der Waals surface area contributed by atoms with Gasteiger partial charge in [0.05, 0.1) is 18.8 Å². The summed E-state index contributed by atoms with van der Waals surface area (Å²) >= 11 is 0. The summed E-state index contributed by atoms with van der Waals surface area (Å²) in [7, 11) is 0. The first-order chi connectivity index (χ1) is 25.4. The molecule has 1 aromatic heterocycles. The Labute approximate surface area is 311 Å². The van der Waals surface area contributed by atoms with E-state index in [0.29, 0.717) is 13.0 Å². The molecule has 2 heterocycles. The Hall–Kier alpha value is -4.88. The summed E-state index contributed by atoms with van der Waals surface area (Å²) in [5.41, 5.74) is 0.136. The van der Waals surface area contributed by atoms with Crippen LogP contribution in [0.4, 0.5) is 5.69 Å². The molecule has 14 nitrogen and oxygen atoms in total. The Kier molecular flexibility index (Phi) is 13.2. The average Bonchev–Trinajstić information content (AvgIpc) is 3.99. The zero-order valence-corrected chi connectivity index (χ0v) is 31.3. The highest BCUT2D eigenvalue weighted by Crippen LogP contribution is 2.29. The van der Waals surface area contributed by atoms with E-state index in [0.717, 1.165) is 50.6 Å². The Morgan fingerprint density at radius 1 is 0.887 bits per heavy atom. The number of rotatable bonds is 14. The van der Waals surface area contributed by atoms with Crippen LogP contribution in [0.25, 0.3) is 0 Å². The van der Waals surface area contributed by atoms with Crippen LogP contribution in [0.1, 0.15) is 96.0 Å². The van der Waals surface area contributed by atoms with Crippen molar-refractivity contribution in [1.82, 2.24) is 36.1 Å². The zero-order valence-electron chi connectivity index (χ0n) is 31.3. The summed E-state index contributed by atoms with van der Waals surface area (Å²) in [6.07, 6.45) is 11.2. The topological polar surface area (TPSA) is 183 Å². The van der Waals surface area contributed by atoms with E-state index in [1.54, 1.807) is 4.90 Å². The number of piperazine rings is 1. The molecule has 4 atom stereocenters. The standard InChI is InChI=1S/C39H54N8O6/c1-5-12-28(32(48)37(52)42-26-17-18-26)43-35(50)30-24-46(21-22-47(30)27-15-10-7-11-16-27)38(53)33(39(2,3)4)45-36(51)31(25-13-8-6-9-14-25)44-34(49)29-23-40-19-20-41-29/h7,10-11,15-16,19-20,23,25-26,28,30-31,33H,5-6,8-9,12-14,17-18,21-22,24H2,1-4H3,(H,42,52)(H,43,50)(H,44,49)(H,45,51)/t28-,30-,31-,33+/m0/s1. The maximum absolute atomic E-state index is 14.5. The minimum atomic E-state index is -1.01. The number of nitrogens with one attached hydrogen (secondary N) is 4. The second kappa shape index (κ2) is 17.8. The van der Waals surface area contributed by atoms with Gasteiger partial charge in [-0.1, -0.05) is 71.6 Å². The van der Waals surface area contributed by atoms with Crippen LogP contribution in [0.5, 0.6) is 0 Å². The SMILES string of the molecule is CCC[C@H](NC(=O)[C@@H]1CN(C(=O)[C@@H](NC(=O)[C@@H](NC(=O)c2cnccn2)C2CCCCC2)C(C)(C)C)CCN1c1ccccc1)C(=O)C(=O)NC1CC1. The van der Waals surface area contributed by atoms with E-state index < -0.39 is 59.0 Å². The maximum atomic E-state index is 14.5. The van der Waals surface area contributed by atoms with Gasteiger partial charge in [0, 0.05) is 37.2 Å². The van der Waals surface area contributed by atoms with Gasteiger partial charge in [-0.25, -0.2) is 4.98 Å². The molecule has 2 aromatic rings. The highest BCUT2D eigenvalue weighted by molar-refractivity contribution is 6.38. The molecule has 0 radical (unpaired) electrons. The molecule has 53 heavy (non-hydrogen) atoms. The van der Waals surface area contributed by atoms with Crippen LogP contribution in [0, 0.1) is 11.3 Å². The number of para-hydroxylation sites is 1. The fraction of sp³-hybridized carbons (Fsp3) is 0.590. The van der Waals surface area contributed by atoms with E-state index in [1.165, 1.54) is 18.6 Å². The van der Waals surface area contributed by atoms with Gasteiger partial charge < -0.3 is 31.1 Å². The Bertz CT molecular complexity index is 1610. The lowest BCUT2D eigenvalue weighted by molar-refractivity contribution is -0.142. The maximum Gasteiger partial charge on any atom is 0.289 e. The van der Waals surface area contributed by atoms with Crippen molar-refractivity contribution in [3.8, 4) is 0 Å². The molecule has 1 aromatic carbocycles. The smallest absolute Gasteiger partial charge is 0.289 e. The third-order valence-corrected chi connectivity index (χ3v) is 10.3. The number of aromatic nitrogens is 2. The lowest BCUT2D eigenvalue weighted by atomic mass is 9.82. The molecular formula is C39H54N8O6. The molecule has 0 bridgehead atoms. The van der Waals surface area contributed by atoms with Crippen molar-refractivity contribution in [2.45, 2.75) is 116 Å². The molecule has 286 valence electrons. The van der Waals surface area contributed by atoms with Gasteiger partial charge >= 0.3 is 0 Å². The molecule has 2 aliphatic carbocycles. The second-order valence-electron chi connectivity index (χ2n) is 15.5. The molecule has 2 saturated carbocycles. The quantitative estimate of drug-likeness (QED) is 0.212. The van der Waals surface area contributed by atoms with E-state index in [4.69, 9.17) is 0 Å². The molecule has 3 aliphatic rings. The van der Waals surface area contributed by atoms with Gasteiger partial charge in [-0.3, -0.25) is 33.8 Å². The van der Waals surface area contributed by atoms with Crippen LogP contribution in [0.15, 0.2) is 48.9 Å². The molecule has 1 saturated heterocycles. The van der Waals surface area contributed by atoms with Crippen LogP contribution in [0.3, 0.4) is 0 Å². The number of carbonyl (C=O) groups is 6. The first-order valence-corrected chi connectivity index (χ1v) is 19.0. The van der Waals surface area contributed by atoms with Gasteiger partial charge in [-0.2, -0.15) is 0 Å². The third kappa shape index (κ3) is 10.4. The predicted octanol–water partition coefficient (Wildman–Crippen LogP) is 2.54. The molecular weight excluding hydrogens is 676 g/mol. The van der Waals surface area contributed by atoms with Crippen LogP contribution >= 0.6 is 0 Å². The van der Waals surface area contributed by atoms with E-state index in [-0.39, 0.29) is 43.1 Å². The Morgan fingerprint density at radius 3 is 2.23 bits per heavy atom. The summed E-state index contributed by atoms with van der Waals surface area (Å²) in [5, 5.41) is 11.5. The number of nitrogens with zero attached hydrogens (tertiary/aromatic N) is 4. The number of amides is 5. The summed E-state index contributed by atoms with van der Waals surface area (Å²) in [5.74, 6) is -3.30. The van der Waals surface area contributed by atoms with E-state index in [1.807, 2.05) is 62.9 Å². The zero-order chi connectivity index (χ0) is 38.1. The number of hydrogen-bond acceptors (Lipinski definition) is 9. The summed E-state index contributed by atoms with van der Waals surface area (Å²) in [4.78, 5) is 93.5. The number of benzene rings is 1. The summed E-state index contributed by atoms with van der Waals surface area (Å²) in [6, 6.07) is 5.61. The predicted molar refractivity (Wildman–Crippen MR) is 198 cm³/mol. The highest BCUT2D eigenvalue weighted by Gasteiger charge is 2.43. The monoisotopic (exact) mass is 730 g/mol. The number of carbonyl (C=O) groups excluding carboxylic acids is 6. The van der Waals surface area contributed by atoms with Crippen LogP contribution in [-0.2, 0) is 24.0 Å². The van der Waals surface area contributed by atoms with Gasteiger partial charge in [0.15, 0.2) is 0 Å². The largest absolute Gasteiger partial charge is 0.356 e. The van der Waals surface area contributed by atoms with E-state index in [2.05, 4.69) is 31.2 Å². The molecule has 14 heteroatoms. The minimum absolute atomic E-state index is 0.000414. The van der Waals surface area contributed by atoms with Crippen LogP contribution in [0.2, 0.25) is 0 Å². The number of ketones is 1. The van der Waals surface area contributed by atoms with Gasteiger partial charge in [0.2, 0.25) is 23.5 Å². The van der Waals surface area contributed by atoms with E-state index >= 15 is 0 Å². The van der Waals surface area contributed by atoms with Crippen molar-refractivity contribution in [2.75, 3.05) is 24.5 Å². The normalized spacial score (nSPS) is 19.7. The number of Topliss-reactive ketones (excluding diaryl/α,β-unsaturated/α-hetero) is 1. The molecule has 3 fully saturated rings. The number of anilines is 1. The van der Waals surface area contributed by atoms with Gasteiger partial charge in [0.25, 0.3) is 11.8 Å². The summed E-state index contributed by atoms with van der Waals surface area (Å²) < 4.78 is 0. The average molecular weight is 731 g/mol. The third-order valence-electron chi connectivity index (χ3n) is 10.3. The molecule has 5 rings (SSSR count). The lowest BCUT2D eigenvalue weighted by Gasteiger charge is -2.44. The first kappa shape index (κ1) is 39.3. The van der Waals surface area contributed by atoms with Crippen molar-refractivity contribution < 1.29 is 28.8 Å². The minimum Gasteiger partial charge on any atom is -0.356 e. The van der Waals surface area contributed by atoms with Crippen molar-refractivity contribution in [1.29, 1.82) is 0 Å². The molecule has 0 unspecified atom stereocenters. The van der Waals surface area contributed by atoms with Gasteiger partial charge in [-0.15, -0.1) is 0 Å². The molecule has 4 N–H and O–H groups in total. The lowest BCUT2D eigenvalue weighted by Crippen LogP contribution is -2.66. The van der Waals surface area contributed by atoms with Gasteiger partial charge in [0.1, 0.15) is 23.8 Å². The Balaban J connectivity index is 1.36. The van der Waals surface area contributed by atoms with Crippen LogP contribution in [-0.4, -0.2) is 100 Å². The van der Waals surface area contributed by atoms with Crippen molar-refractivity contribution in [2.24, 2.45) is 11.3 Å². The van der Waals surface area contributed by atoms with Crippen molar-refractivity contribution in [3.63, 3.8) is 0 Å². The fourth-order valence-corrected chi connectivity index (χ4v) is 7.16. The van der Waals surface area contributed by atoms with Crippen molar-refractivity contribution >= 4 is 41.0 Å². The molecule has 5 amide bonds. The summed E-state index contributed by atoms with van der Waals surface area (Å²) in [6.45, 7) is 8.04. The fourth-order valence-electron chi connectivity index (χ4n) is 7.16. The van der Waals surface area contributed by atoms with Crippen LogP contribution < -0.4 is 26.2 Å². The highest BCUT2D eigenvalue weighted by atomic mass is 16.2. The first-order valence-electron chi connectivity index (χ1n) is 19.0. The van der Waals surface area contributed by atoms with Gasteiger partial charge in [-0.05, 0) is 55.6 Å². The van der Waals surface area contributed by atoms with Crippen molar-refractivity contribution in [3.05, 3.63) is 54.6 Å². The molecule has 0 spiro atoms. The van der Waals surface area contributed by atoms with E-state index in [9.17, 15) is 28.8 Å². The molecule has 1 aliphatic heterocycles. The second-order valence-corrected chi connectivity index (χ2v) is 15.5. The number of hydrogen-bond donors (Lipinski definition) is 4.